The van der Waals surface area contributed by atoms with Gasteiger partial charge in [-0.3, -0.25) is 4.79 Å². The number of fused-ring (bicyclic) bond motifs is 1. The van der Waals surface area contributed by atoms with Crippen LogP contribution >= 0.6 is 0 Å². The number of imidazole rings is 1. The zero-order valence-corrected chi connectivity index (χ0v) is 15.5. The Balaban J connectivity index is 1.66. The summed E-state index contributed by atoms with van der Waals surface area (Å²) < 4.78 is 59.0. The van der Waals surface area contributed by atoms with Crippen molar-refractivity contribution in [2.45, 2.75) is 18.9 Å². The first-order valence-electron chi connectivity index (χ1n) is 9.17. The molecule has 0 saturated carbocycles. The van der Waals surface area contributed by atoms with Gasteiger partial charge in [-0.05, 0) is 18.2 Å². The molecule has 1 aliphatic heterocycles. The smallest absolute Gasteiger partial charge is 0.241 e. The molecule has 6 nitrogen and oxygen atoms in total. The molecular formula is C20H17F4N3O3. The number of aliphatic hydroxyl groups excluding tert-OH is 1. The number of alkyl halides is 2. The van der Waals surface area contributed by atoms with Crippen molar-refractivity contribution in [1.82, 2.24) is 9.97 Å². The molecular weight excluding hydrogens is 406 g/mol. The largest absolute Gasteiger partial charge is 0.493 e. The molecule has 1 amide bonds. The van der Waals surface area contributed by atoms with Crippen molar-refractivity contribution >= 4 is 22.6 Å². The second-order valence-electron chi connectivity index (χ2n) is 6.87. The van der Waals surface area contributed by atoms with Crippen LogP contribution in [0.4, 0.5) is 23.2 Å². The minimum absolute atomic E-state index is 0.231. The Kier molecular flexibility index (Phi) is 5.33. The number of ether oxygens (including phenoxy) is 1. The van der Waals surface area contributed by atoms with E-state index in [1.165, 1.54) is 11.2 Å². The van der Waals surface area contributed by atoms with E-state index >= 15 is 0 Å². The van der Waals surface area contributed by atoms with E-state index in [0.717, 1.165) is 12.1 Å². The van der Waals surface area contributed by atoms with E-state index in [2.05, 4.69) is 9.97 Å². The zero-order chi connectivity index (χ0) is 21.4. The standard InChI is InChI=1S/C20H17F4N3O3/c21-13-6-11(30-4-3-17(23)24)7-14(22)18(13)19-12(8-28)20(29)27(19)10-1-2-15-16(5-10)26-9-25-15/h1-2,5-7,9,12,17,19,28H,3-4,8H2,(H,25,26)/t12-,19-/m1/s1. The number of aromatic nitrogens is 2. The number of benzene rings is 2. The van der Waals surface area contributed by atoms with Gasteiger partial charge in [0, 0.05) is 29.8 Å². The maximum atomic E-state index is 14.8. The Labute approximate surface area is 168 Å². The molecule has 0 aliphatic carbocycles. The number of hydrogen-bond acceptors (Lipinski definition) is 4. The fourth-order valence-corrected chi connectivity index (χ4v) is 3.61. The van der Waals surface area contributed by atoms with Gasteiger partial charge in [0.25, 0.3) is 0 Å². The van der Waals surface area contributed by atoms with E-state index in [-0.39, 0.29) is 5.75 Å². The first-order valence-corrected chi connectivity index (χ1v) is 9.17. The summed E-state index contributed by atoms with van der Waals surface area (Å²) in [5, 5.41) is 9.59. The van der Waals surface area contributed by atoms with Crippen LogP contribution in [-0.4, -0.2) is 40.6 Å². The van der Waals surface area contributed by atoms with Crippen molar-refractivity contribution in [2.75, 3.05) is 18.1 Å². The van der Waals surface area contributed by atoms with Crippen LogP contribution in [0.1, 0.15) is 18.0 Å². The molecule has 158 valence electrons. The summed E-state index contributed by atoms with van der Waals surface area (Å²) in [5.41, 5.74) is 1.28. The number of β-lactam (4-membered cyclic amide) rings is 1. The lowest BCUT2D eigenvalue weighted by Crippen LogP contribution is -2.57. The van der Waals surface area contributed by atoms with Gasteiger partial charge in [-0.15, -0.1) is 0 Å². The summed E-state index contributed by atoms with van der Waals surface area (Å²) in [6.07, 6.45) is -1.68. The summed E-state index contributed by atoms with van der Waals surface area (Å²) in [7, 11) is 0. The van der Waals surface area contributed by atoms with Crippen molar-refractivity contribution in [3.05, 3.63) is 53.9 Å². The van der Waals surface area contributed by atoms with Crippen LogP contribution < -0.4 is 9.64 Å². The molecule has 0 unspecified atom stereocenters. The molecule has 30 heavy (non-hydrogen) atoms. The van der Waals surface area contributed by atoms with Crippen LogP contribution in [0.15, 0.2) is 36.7 Å². The number of aromatic amines is 1. The molecule has 1 aliphatic rings. The van der Waals surface area contributed by atoms with Gasteiger partial charge in [-0.2, -0.15) is 0 Å². The average Bonchev–Trinajstić information content (AvgIpc) is 3.15. The molecule has 2 atom stereocenters. The molecule has 1 aromatic heterocycles. The summed E-state index contributed by atoms with van der Waals surface area (Å²) in [6, 6.07) is 5.58. The van der Waals surface area contributed by atoms with Crippen LogP contribution in [0, 0.1) is 17.6 Å². The molecule has 2 heterocycles. The Morgan fingerprint density at radius 1 is 1.20 bits per heavy atom. The van der Waals surface area contributed by atoms with Gasteiger partial charge >= 0.3 is 0 Å². The third-order valence-corrected chi connectivity index (χ3v) is 5.05. The third-order valence-electron chi connectivity index (χ3n) is 5.05. The van der Waals surface area contributed by atoms with Crippen molar-refractivity contribution < 1.29 is 32.2 Å². The second kappa shape index (κ2) is 7.94. The summed E-state index contributed by atoms with van der Waals surface area (Å²) in [6.45, 7) is -0.981. The van der Waals surface area contributed by atoms with Crippen LogP contribution in [-0.2, 0) is 4.79 Å². The number of nitrogens with zero attached hydrogens (tertiary/aromatic N) is 2. The van der Waals surface area contributed by atoms with E-state index in [0.29, 0.717) is 16.7 Å². The van der Waals surface area contributed by atoms with E-state index in [9.17, 15) is 27.5 Å². The molecule has 2 N–H and O–H groups in total. The van der Waals surface area contributed by atoms with Gasteiger partial charge in [0.2, 0.25) is 12.3 Å². The lowest BCUT2D eigenvalue weighted by molar-refractivity contribution is -0.132. The molecule has 3 aromatic rings. The number of H-pyrrole nitrogens is 1. The number of carbonyl (C=O) groups excluding carboxylic acids is 1. The van der Waals surface area contributed by atoms with Gasteiger partial charge < -0.3 is 19.7 Å². The van der Waals surface area contributed by atoms with Crippen molar-refractivity contribution in [2.24, 2.45) is 5.92 Å². The Hall–Kier alpha value is -3.14. The minimum Gasteiger partial charge on any atom is -0.493 e. The number of hydrogen-bond donors (Lipinski definition) is 2. The number of nitrogens with one attached hydrogen (secondary N) is 1. The van der Waals surface area contributed by atoms with Gasteiger partial charge in [0.1, 0.15) is 17.4 Å². The third kappa shape index (κ3) is 3.47. The summed E-state index contributed by atoms with van der Waals surface area (Å²) in [4.78, 5) is 20.7. The van der Waals surface area contributed by atoms with Crippen LogP contribution in [0.2, 0.25) is 0 Å². The number of aliphatic hydroxyl groups is 1. The summed E-state index contributed by atoms with van der Waals surface area (Å²) in [5.74, 6) is -3.71. The molecule has 0 spiro atoms. The molecule has 2 aromatic carbocycles. The van der Waals surface area contributed by atoms with E-state index < -0.39 is 61.1 Å². The highest BCUT2D eigenvalue weighted by Crippen LogP contribution is 2.45. The highest BCUT2D eigenvalue weighted by Gasteiger charge is 2.50. The number of halogens is 4. The second-order valence-corrected chi connectivity index (χ2v) is 6.87. The normalized spacial score (nSPS) is 18.9. The number of rotatable bonds is 7. The van der Waals surface area contributed by atoms with Crippen LogP contribution in [0.25, 0.3) is 11.0 Å². The van der Waals surface area contributed by atoms with E-state index in [1.807, 2.05) is 0 Å². The first-order chi connectivity index (χ1) is 14.4. The molecule has 10 heteroatoms. The van der Waals surface area contributed by atoms with Gasteiger partial charge in [0.15, 0.2) is 0 Å². The Morgan fingerprint density at radius 3 is 2.60 bits per heavy atom. The summed E-state index contributed by atoms with van der Waals surface area (Å²) >= 11 is 0. The molecule has 0 radical (unpaired) electrons. The van der Waals surface area contributed by atoms with Crippen molar-refractivity contribution in [3.63, 3.8) is 0 Å². The van der Waals surface area contributed by atoms with Gasteiger partial charge in [-0.25, -0.2) is 22.5 Å². The predicted molar refractivity (Wildman–Crippen MR) is 99.4 cm³/mol. The predicted octanol–water partition coefficient (Wildman–Crippen LogP) is 3.57. The van der Waals surface area contributed by atoms with Crippen LogP contribution in [0.3, 0.4) is 0 Å². The van der Waals surface area contributed by atoms with E-state index in [1.54, 1.807) is 18.2 Å². The van der Waals surface area contributed by atoms with Crippen LogP contribution in [0.5, 0.6) is 5.75 Å². The zero-order valence-electron chi connectivity index (χ0n) is 15.5. The Bertz CT molecular complexity index is 1070. The van der Waals surface area contributed by atoms with Gasteiger partial charge in [-0.1, -0.05) is 0 Å². The highest BCUT2D eigenvalue weighted by molar-refractivity contribution is 6.04. The minimum atomic E-state index is -2.59. The number of carbonyl (C=O) groups is 1. The fourth-order valence-electron chi connectivity index (χ4n) is 3.61. The number of anilines is 1. The SMILES string of the molecule is O=C1[C@H](CO)[C@H](c2c(F)cc(OCCC(F)F)cc2F)N1c1ccc2nc[nH]c2c1. The topological polar surface area (TPSA) is 78.5 Å². The van der Waals surface area contributed by atoms with E-state index in [4.69, 9.17) is 4.74 Å². The van der Waals surface area contributed by atoms with Crippen molar-refractivity contribution in [1.29, 1.82) is 0 Å². The quantitative estimate of drug-likeness (QED) is 0.450. The highest BCUT2D eigenvalue weighted by atomic mass is 19.3. The maximum Gasteiger partial charge on any atom is 0.241 e. The monoisotopic (exact) mass is 423 g/mol. The first kappa shape index (κ1) is 20.1. The molecule has 1 fully saturated rings. The lowest BCUT2D eigenvalue weighted by atomic mass is 9.81. The maximum absolute atomic E-state index is 14.8. The number of amides is 1. The lowest BCUT2D eigenvalue weighted by Gasteiger charge is -2.46. The molecule has 4 rings (SSSR count). The van der Waals surface area contributed by atoms with Crippen molar-refractivity contribution in [3.8, 4) is 5.75 Å². The Morgan fingerprint density at radius 2 is 1.93 bits per heavy atom. The molecule has 0 bridgehead atoms. The fraction of sp³-hybridized carbons (Fsp3) is 0.300. The van der Waals surface area contributed by atoms with Gasteiger partial charge in [0.05, 0.1) is 42.5 Å². The average molecular weight is 423 g/mol. The molecule has 1 saturated heterocycles.